The van der Waals surface area contributed by atoms with Crippen LogP contribution in [0.4, 0.5) is 0 Å². The van der Waals surface area contributed by atoms with Crippen molar-refractivity contribution in [3.05, 3.63) is 35.9 Å². The zero-order valence-corrected chi connectivity index (χ0v) is 12.8. The van der Waals surface area contributed by atoms with Gasteiger partial charge in [0, 0.05) is 5.56 Å². The highest BCUT2D eigenvalue weighted by molar-refractivity contribution is 5.13. The van der Waals surface area contributed by atoms with Crippen molar-refractivity contribution in [1.29, 1.82) is 0 Å². The largest absolute Gasteiger partial charge is 0.391 e. The molecule has 0 unspecified atom stereocenters. The molecule has 0 aliphatic carbocycles. The number of hydrogen-bond acceptors (Lipinski definition) is 1. The van der Waals surface area contributed by atoms with E-state index in [4.69, 9.17) is 5.11 Å². The first-order valence-electron chi connectivity index (χ1n) is 6.40. The Morgan fingerprint density at radius 2 is 1.33 bits per heavy atom. The Morgan fingerprint density at radius 1 is 0.833 bits per heavy atom. The monoisotopic (exact) mass is 254 g/mol. The van der Waals surface area contributed by atoms with Crippen LogP contribution in [0.15, 0.2) is 30.3 Å². The summed E-state index contributed by atoms with van der Waals surface area (Å²) in [7, 11) is 12.8. The average molecular weight is 254 g/mol. The van der Waals surface area contributed by atoms with E-state index in [-0.39, 0.29) is 6.61 Å². The summed E-state index contributed by atoms with van der Waals surface area (Å²) in [5, 5.41) is 8.39. The summed E-state index contributed by atoms with van der Waals surface area (Å²) >= 11 is 0. The Hall–Kier alpha value is -0.900. The van der Waals surface area contributed by atoms with Crippen molar-refractivity contribution in [2.75, 3.05) is 55.4 Å². The van der Waals surface area contributed by atoms with E-state index >= 15 is 0 Å². The van der Waals surface area contributed by atoms with Crippen LogP contribution < -0.4 is 0 Å². The molecule has 3 heteroatoms. The first kappa shape index (κ1) is 17.1. The van der Waals surface area contributed by atoms with E-state index < -0.39 is 0 Å². The predicted octanol–water partition coefficient (Wildman–Crippen LogP) is 1.58. The smallest absolute Gasteiger partial charge is 0.104 e. The molecule has 18 heavy (non-hydrogen) atoms. The lowest BCUT2D eigenvalue weighted by molar-refractivity contribution is -0.884. The molecule has 0 radical (unpaired) electrons. The van der Waals surface area contributed by atoms with Crippen molar-refractivity contribution >= 4 is 0 Å². The summed E-state index contributed by atoms with van der Waals surface area (Å²) in [5.41, 5.74) is 1.40. The van der Waals surface area contributed by atoms with E-state index in [0.717, 1.165) is 22.1 Å². The van der Waals surface area contributed by atoms with E-state index in [1.165, 1.54) is 5.56 Å². The average Bonchev–Trinajstić information content (AvgIpc) is 2.15. The minimum atomic E-state index is 0.281. The van der Waals surface area contributed by atoms with Gasteiger partial charge in [0.25, 0.3) is 0 Å². The fraction of sp³-hybridized carbons (Fsp3) is 0.600. The van der Waals surface area contributed by atoms with E-state index in [9.17, 15) is 0 Å². The first-order chi connectivity index (χ1) is 8.14. The van der Waals surface area contributed by atoms with Crippen LogP contribution in [-0.4, -0.2) is 69.5 Å². The van der Waals surface area contributed by atoms with Gasteiger partial charge in [-0.2, -0.15) is 0 Å². The fourth-order valence-corrected chi connectivity index (χ4v) is 1.43. The predicted molar refractivity (Wildman–Crippen MR) is 78.2 cm³/mol. The number of quaternary nitrogens is 2. The Labute approximate surface area is 112 Å². The Morgan fingerprint density at radius 3 is 1.61 bits per heavy atom. The highest BCUT2D eigenvalue weighted by atomic mass is 16.3. The molecule has 1 aromatic carbocycles. The molecule has 0 bridgehead atoms. The minimum absolute atomic E-state index is 0.281. The lowest BCUT2D eigenvalue weighted by Gasteiger charge is -2.23. The molecule has 3 nitrogen and oxygen atoms in total. The van der Waals surface area contributed by atoms with Crippen molar-refractivity contribution in [2.45, 2.75) is 6.54 Å². The van der Waals surface area contributed by atoms with Gasteiger partial charge >= 0.3 is 0 Å². The van der Waals surface area contributed by atoms with Gasteiger partial charge in [0.1, 0.15) is 13.1 Å². The van der Waals surface area contributed by atoms with Gasteiger partial charge in [-0.1, -0.05) is 30.3 Å². The molecule has 1 aromatic rings. The highest BCUT2D eigenvalue weighted by Crippen LogP contribution is 2.05. The molecule has 0 heterocycles. The van der Waals surface area contributed by atoms with Crippen molar-refractivity contribution in [2.24, 2.45) is 0 Å². The first-order valence-corrected chi connectivity index (χ1v) is 6.40. The molecule has 0 amide bonds. The quantitative estimate of drug-likeness (QED) is 0.809. The topological polar surface area (TPSA) is 20.2 Å². The molecule has 0 aromatic heterocycles. The molecule has 1 rings (SSSR count). The van der Waals surface area contributed by atoms with Crippen LogP contribution in [0.3, 0.4) is 0 Å². The normalized spacial score (nSPS) is 11.7. The Balaban J connectivity index is 0.000000360. The van der Waals surface area contributed by atoms with E-state index in [1.54, 1.807) is 0 Å². The van der Waals surface area contributed by atoms with Gasteiger partial charge in [0.15, 0.2) is 0 Å². The number of aliphatic hydroxyl groups is 1. The summed E-state index contributed by atoms with van der Waals surface area (Å²) in [5.74, 6) is 0. The van der Waals surface area contributed by atoms with Crippen LogP contribution in [0.1, 0.15) is 5.56 Å². The Kier molecular flexibility index (Phi) is 7.14. The minimum Gasteiger partial charge on any atom is -0.391 e. The second-order valence-electron chi connectivity index (χ2n) is 6.67. The second-order valence-corrected chi connectivity index (χ2v) is 6.67. The number of likely N-dealkylation sites (N-methyl/N-ethyl adjacent to an activating group) is 1. The number of hydrogen-bond donors (Lipinski definition) is 1. The van der Waals surface area contributed by atoms with Gasteiger partial charge in [-0.3, -0.25) is 0 Å². The molecule has 0 saturated carbocycles. The Bertz CT molecular complexity index is 310. The second kappa shape index (κ2) is 7.52. The lowest BCUT2D eigenvalue weighted by atomic mass is 10.2. The molecular weight excluding hydrogens is 224 g/mol. The molecule has 0 saturated heterocycles. The third-order valence-electron chi connectivity index (χ3n) is 2.27. The molecule has 0 aliphatic heterocycles. The van der Waals surface area contributed by atoms with E-state index in [1.807, 2.05) is 0 Å². The maximum absolute atomic E-state index is 8.39. The third-order valence-corrected chi connectivity index (χ3v) is 2.27. The van der Waals surface area contributed by atoms with Gasteiger partial charge < -0.3 is 14.1 Å². The number of rotatable bonds is 4. The van der Waals surface area contributed by atoms with Gasteiger partial charge in [0.05, 0.1) is 48.9 Å². The van der Waals surface area contributed by atoms with Crippen LogP contribution >= 0.6 is 0 Å². The van der Waals surface area contributed by atoms with Crippen LogP contribution in [0.2, 0.25) is 0 Å². The summed E-state index contributed by atoms with van der Waals surface area (Å²) in [6, 6.07) is 10.6. The van der Waals surface area contributed by atoms with Gasteiger partial charge in [0.2, 0.25) is 0 Å². The maximum atomic E-state index is 8.39. The summed E-state index contributed by atoms with van der Waals surface area (Å²) in [6.45, 7) is 2.21. The molecule has 104 valence electrons. The fourth-order valence-electron chi connectivity index (χ4n) is 1.43. The molecule has 0 spiro atoms. The number of nitrogens with zero attached hydrogens (tertiary/aromatic N) is 2. The summed E-state index contributed by atoms with van der Waals surface area (Å²) in [6.07, 6.45) is 0. The zero-order chi connectivity index (χ0) is 14.2. The zero-order valence-electron chi connectivity index (χ0n) is 12.8. The van der Waals surface area contributed by atoms with Crippen LogP contribution in [-0.2, 0) is 6.54 Å². The third kappa shape index (κ3) is 11.6. The van der Waals surface area contributed by atoms with Crippen LogP contribution in [0.5, 0.6) is 0 Å². The van der Waals surface area contributed by atoms with Gasteiger partial charge in [-0.05, 0) is 0 Å². The number of aliphatic hydroxyl groups excluding tert-OH is 1. The van der Waals surface area contributed by atoms with Crippen molar-refractivity contribution < 1.29 is 14.1 Å². The SMILES string of the molecule is C[N+](C)(C)CCO.C[N+](C)(C)Cc1ccccc1. The molecular formula is C15H30N2O+2. The summed E-state index contributed by atoms with van der Waals surface area (Å²) in [4.78, 5) is 0. The van der Waals surface area contributed by atoms with E-state index in [0.29, 0.717) is 0 Å². The van der Waals surface area contributed by atoms with Gasteiger partial charge in [-0.15, -0.1) is 0 Å². The van der Waals surface area contributed by atoms with Gasteiger partial charge in [-0.25, -0.2) is 0 Å². The molecule has 0 atom stereocenters. The molecule has 1 N–H and O–H groups in total. The number of benzene rings is 1. The standard InChI is InChI=1S/C10H16N.C5H14NO/c1-11(2,3)9-10-7-5-4-6-8-10;1-6(2,3)4-5-7/h4-8H,9H2,1-3H3;7H,4-5H2,1-3H3/q2*+1. The molecule has 0 aliphatic rings. The van der Waals surface area contributed by atoms with Crippen molar-refractivity contribution in [3.63, 3.8) is 0 Å². The maximum Gasteiger partial charge on any atom is 0.104 e. The van der Waals surface area contributed by atoms with E-state index in [2.05, 4.69) is 72.6 Å². The molecule has 0 fully saturated rings. The summed E-state index contributed by atoms with van der Waals surface area (Å²) < 4.78 is 1.83. The van der Waals surface area contributed by atoms with Crippen LogP contribution in [0, 0.1) is 0 Å². The van der Waals surface area contributed by atoms with Crippen molar-refractivity contribution in [3.8, 4) is 0 Å². The van der Waals surface area contributed by atoms with Crippen LogP contribution in [0.25, 0.3) is 0 Å². The highest BCUT2D eigenvalue weighted by Gasteiger charge is 2.06. The van der Waals surface area contributed by atoms with Crippen molar-refractivity contribution in [1.82, 2.24) is 0 Å². The lowest BCUT2D eigenvalue weighted by Crippen LogP contribution is -2.36.